The van der Waals surface area contributed by atoms with Gasteiger partial charge in [0.25, 0.3) is 5.69 Å². The van der Waals surface area contributed by atoms with Gasteiger partial charge in [-0.2, -0.15) is 0 Å². The van der Waals surface area contributed by atoms with Crippen molar-refractivity contribution in [1.82, 2.24) is 4.98 Å². The number of hydrogen-bond donors (Lipinski definition) is 1. The molecule has 0 saturated carbocycles. The molecule has 0 spiro atoms. The third-order valence-electron chi connectivity index (χ3n) is 2.52. The fourth-order valence-corrected chi connectivity index (χ4v) is 1.71. The van der Waals surface area contributed by atoms with Crippen LogP contribution in [0.5, 0.6) is 0 Å². The van der Waals surface area contributed by atoms with Gasteiger partial charge in [-0.15, -0.1) is 0 Å². The lowest BCUT2D eigenvalue weighted by Crippen LogP contribution is -2.03. The molecule has 1 N–H and O–H groups in total. The summed E-state index contributed by atoms with van der Waals surface area (Å²) in [6.45, 7) is 6.33. The molecule has 5 nitrogen and oxygen atoms in total. The Bertz CT molecular complexity index is 623. The second-order valence-corrected chi connectivity index (χ2v) is 4.10. The molecule has 1 aromatic heterocycles. The summed E-state index contributed by atoms with van der Waals surface area (Å²) in [6, 6.07) is 6.56. The summed E-state index contributed by atoms with van der Waals surface area (Å²) in [6.07, 6.45) is 1.62. The number of anilines is 1. The molecule has 0 radical (unpaired) electrons. The summed E-state index contributed by atoms with van der Waals surface area (Å²) in [7, 11) is 0. The Labute approximate surface area is 104 Å². The summed E-state index contributed by atoms with van der Waals surface area (Å²) in [4.78, 5) is 14.7. The molecule has 0 aliphatic carbocycles. The molecule has 18 heavy (non-hydrogen) atoms. The van der Waals surface area contributed by atoms with Crippen LogP contribution in [-0.2, 0) is 0 Å². The highest BCUT2D eigenvalue weighted by Gasteiger charge is 2.14. The van der Waals surface area contributed by atoms with Crippen LogP contribution >= 0.6 is 0 Å². The number of aromatic nitrogens is 1. The van der Waals surface area contributed by atoms with Gasteiger partial charge in [-0.25, -0.2) is 0 Å². The quantitative estimate of drug-likeness (QED) is 0.509. The van der Waals surface area contributed by atoms with Gasteiger partial charge in [-0.05, 0) is 25.1 Å². The van der Waals surface area contributed by atoms with Crippen molar-refractivity contribution in [2.75, 3.05) is 11.9 Å². The predicted molar refractivity (Wildman–Crippen MR) is 71.7 cm³/mol. The van der Waals surface area contributed by atoms with Gasteiger partial charge in [0.1, 0.15) is 5.52 Å². The van der Waals surface area contributed by atoms with Crippen molar-refractivity contribution >= 4 is 22.3 Å². The Hall–Kier alpha value is -2.43. The van der Waals surface area contributed by atoms with Crippen molar-refractivity contribution in [3.63, 3.8) is 0 Å². The minimum atomic E-state index is -0.396. The van der Waals surface area contributed by atoms with Gasteiger partial charge in [-0.1, -0.05) is 12.2 Å². The summed E-state index contributed by atoms with van der Waals surface area (Å²) < 4.78 is 0. The number of pyridine rings is 1. The smallest absolute Gasteiger partial charge is 0.278 e. The number of nitro groups is 1. The highest BCUT2D eigenvalue weighted by molar-refractivity contribution is 5.96. The van der Waals surface area contributed by atoms with Gasteiger partial charge in [0.05, 0.1) is 16.0 Å². The Morgan fingerprint density at radius 1 is 1.50 bits per heavy atom. The Morgan fingerprint density at radius 2 is 2.28 bits per heavy atom. The summed E-state index contributed by atoms with van der Waals surface area (Å²) >= 11 is 0. The van der Waals surface area contributed by atoms with Gasteiger partial charge in [0.15, 0.2) is 0 Å². The zero-order valence-electron chi connectivity index (χ0n) is 10.0. The largest absolute Gasteiger partial charge is 0.380 e. The van der Waals surface area contributed by atoms with Gasteiger partial charge >= 0.3 is 0 Å². The fourth-order valence-electron chi connectivity index (χ4n) is 1.71. The Balaban J connectivity index is 2.53. The van der Waals surface area contributed by atoms with Gasteiger partial charge < -0.3 is 5.32 Å². The second-order valence-electron chi connectivity index (χ2n) is 4.10. The highest BCUT2D eigenvalue weighted by Crippen LogP contribution is 2.29. The van der Waals surface area contributed by atoms with Crippen molar-refractivity contribution < 1.29 is 4.92 Å². The number of nitrogens with zero attached hydrogens (tertiary/aromatic N) is 2. The van der Waals surface area contributed by atoms with Crippen molar-refractivity contribution in [2.45, 2.75) is 6.92 Å². The average molecular weight is 243 g/mol. The molecule has 0 aliphatic rings. The SMILES string of the molecule is C=C(C)CNc1ccc([N+](=O)[O-])c2cccnc12. The molecule has 0 saturated heterocycles. The monoisotopic (exact) mass is 243 g/mol. The van der Waals surface area contributed by atoms with E-state index in [2.05, 4.69) is 16.9 Å². The van der Waals surface area contributed by atoms with Crippen LogP contribution in [0, 0.1) is 10.1 Å². The third-order valence-corrected chi connectivity index (χ3v) is 2.52. The number of rotatable bonds is 4. The van der Waals surface area contributed by atoms with Crippen LogP contribution < -0.4 is 5.32 Å². The van der Waals surface area contributed by atoms with E-state index in [4.69, 9.17) is 0 Å². The van der Waals surface area contributed by atoms with Gasteiger partial charge in [-0.3, -0.25) is 15.1 Å². The van der Waals surface area contributed by atoms with E-state index < -0.39 is 4.92 Å². The van der Waals surface area contributed by atoms with E-state index in [0.717, 1.165) is 11.3 Å². The zero-order chi connectivity index (χ0) is 13.1. The molecule has 0 atom stereocenters. The van der Waals surface area contributed by atoms with E-state index in [1.54, 1.807) is 24.4 Å². The van der Waals surface area contributed by atoms with Crippen LogP contribution in [0.4, 0.5) is 11.4 Å². The summed E-state index contributed by atoms with van der Waals surface area (Å²) in [5, 5.41) is 14.6. The number of fused-ring (bicyclic) bond motifs is 1. The van der Waals surface area contributed by atoms with Crippen molar-refractivity contribution in [3.05, 3.63) is 52.7 Å². The van der Waals surface area contributed by atoms with Crippen LogP contribution in [0.15, 0.2) is 42.6 Å². The molecule has 2 rings (SSSR count). The molecule has 0 bridgehead atoms. The zero-order valence-corrected chi connectivity index (χ0v) is 10.0. The molecule has 0 unspecified atom stereocenters. The number of non-ortho nitro benzene ring substituents is 1. The molecular weight excluding hydrogens is 230 g/mol. The van der Waals surface area contributed by atoms with E-state index in [1.165, 1.54) is 6.07 Å². The maximum absolute atomic E-state index is 10.9. The van der Waals surface area contributed by atoms with Crippen molar-refractivity contribution in [3.8, 4) is 0 Å². The average Bonchev–Trinajstić information content (AvgIpc) is 2.35. The first-order chi connectivity index (χ1) is 8.59. The molecule has 0 fully saturated rings. The normalized spacial score (nSPS) is 10.3. The first-order valence-electron chi connectivity index (χ1n) is 5.50. The maximum Gasteiger partial charge on any atom is 0.278 e. The van der Waals surface area contributed by atoms with Crippen molar-refractivity contribution in [2.24, 2.45) is 0 Å². The number of benzene rings is 1. The lowest BCUT2D eigenvalue weighted by Gasteiger charge is -2.08. The van der Waals surface area contributed by atoms with E-state index >= 15 is 0 Å². The first kappa shape index (κ1) is 12.0. The summed E-state index contributed by atoms with van der Waals surface area (Å²) in [5.74, 6) is 0. The third kappa shape index (κ3) is 2.29. The topological polar surface area (TPSA) is 68.1 Å². The molecule has 2 aromatic rings. The van der Waals surface area contributed by atoms with Crippen LogP contribution in [0.2, 0.25) is 0 Å². The maximum atomic E-state index is 10.9. The molecular formula is C13H13N3O2. The number of nitro benzene ring substituents is 1. The Morgan fingerprint density at radius 3 is 2.94 bits per heavy atom. The van der Waals surface area contributed by atoms with Gasteiger partial charge in [0, 0.05) is 18.8 Å². The highest BCUT2D eigenvalue weighted by atomic mass is 16.6. The number of hydrogen-bond acceptors (Lipinski definition) is 4. The van der Waals surface area contributed by atoms with E-state index in [9.17, 15) is 10.1 Å². The van der Waals surface area contributed by atoms with Crippen LogP contribution in [-0.4, -0.2) is 16.5 Å². The minimum Gasteiger partial charge on any atom is -0.380 e. The van der Waals surface area contributed by atoms with E-state index in [-0.39, 0.29) is 5.69 Å². The fraction of sp³-hybridized carbons (Fsp3) is 0.154. The lowest BCUT2D eigenvalue weighted by molar-refractivity contribution is -0.383. The lowest BCUT2D eigenvalue weighted by atomic mass is 10.1. The molecule has 0 amide bonds. The predicted octanol–water partition coefficient (Wildman–Crippen LogP) is 3.13. The van der Waals surface area contributed by atoms with Gasteiger partial charge in [0.2, 0.25) is 0 Å². The standard InChI is InChI=1S/C13H13N3O2/c1-9(2)8-15-11-5-6-12(16(17)18)10-4-3-7-14-13(10)11/h3-7,15H,1,8H2,2H3. The number of nitrogens with one attached hydrogen (secondary N) is 1. The molecule has 92 valence electrons. The van der Waals surface area contributed by atoms with Crippen LogP contribution in [0.25, 0.3) is 10.9 Å². The van der Waals surface area contributed by atoms with Crippen LogP contribution in [0.1, 0.15) is 6.92 Å². The molecule has 1 aromatic carbocycles. The van der Waals surface area contributed by atoms with Crippen molar-refractivity contribution in [1.29, 1.82) is 0 Å². The van der Waals surface area contributed by atoms with E-state index in [0.29, 0.717) is 17.4 Å². The minimum absolute atomic E-state index is 0.0685. The second kappa shape index (κ2) is 4.83. The first-order valence-corrected chi connectivity index (χ1v) is 5.50. The molecule has 1 heterocycles. The Kier molecular flexibility index (Phi) is 3.23. The molecule has 5 heteroatoms. The van der Waals surface area contributed by atoms with E-state index in [1.807, 2.05) is 6.92 Å². The molecule has 0 aliphatic heterocycles. The summed E-state index contributed by atoms with van der Waals surface area (Å²) in [5.41, 5.74) is 2.43. The van der Waals surface area contributed by atoms with Crippen LogP contribution in [0.3, 0.4) is 0 Å².